The lowest BCUT2D eigenvalue weighted by Crippen LogP contribution is -2.28. The highest BCUT2D eigenvalue weighted by atomic mass is 127. The third-order valence-corrected chi connectivity index (χ3v) is 2.29. The van der Waals surface area contributed by atoms with Crippen molar-refractivity contribution in [3.8, 4) is 0 Å². The molecule has 1 aromatic carbocycles. The predicted octanol–water partition coefficient (Wildman–Crippen LogP) is 6.02. The first-order valence-electron chi connectivity index (χ1n) is 4.33. The van der Waals surface area contributed by atoms with E-state index < -0.39 is 0 Å². The lowest BCUT2D eigenvalue weighted by Gasteiger charge is -1.99. The number of pyridine rings is 1. The molecule has 0 bridgehead atoms. The van der Waals surface area contributed by atoms with Crippen LogP contribution in [-0.2, 0) is 7.05 Å². The SMILES string of the molecule is C=Cc1cc[n+](C)c2ccccc12.I.I.I.I.I.I. The number of nitrogens with zero attached hydrogens (tertiary/aromatic N) is 1. The molecule has 0 unspecified atom stereocenters. The Labute approximate surface area is 217 Å². The summed E-state index contributed by atoms with van der Waals surface area (Å²) in [6.07, 6.45) is 3.95. The van der Waals surface area contributed by atoms with Gasteiger partial charge >= 0.3 is 0 Å². The molecular weight excluding hydrogens is 920 g/mol. The molecule has 0 amide bonds. The number of aryl methyl sites for hydroxylation is 1. The minimum absolute atomic E-state index is 0. The maximum atomic E-state index is 3.80. The van der Waals surface area contributed by atoms with E-state index in [0.29, 0.717) is 0 Å². The highest BCUT2D eigenvalue weighted by Gasteiger charge is 2.05. The van der Waals surface area contributed by atoms with E-state index in [4.69, 9.17) is 0 Å². The van der Waals surface area contributed by atoms with Crippen molar-refractivity contribution in [1.29, 1.82) is 0 Å². The van der Waals surface area contributed by atoms with Crippen LogP contribution < -0.4 is 4.57 Å². The smallest absolute Gasteiger partial charge is 0.201 e. The first-order valence-corrected chi connectivity index (χ1v) is 4.33. The Kier molecular flexibility index (Phi) is 30.1. The van der Waals surface area contributed by atoms with Crippen LogP contribution in [0.2, 0.25) is 0 Å². The van der Waals surface area contributed by atoms with Crippen LogP contribution in [0, 0.1) is 0 Å². The Morgan fingerprint density at radius 3 is 1.95 bits per heavy atom. The normalized spacial score (nSPS) is 7.00. The summed E-state index contributed by atoms with van der Waals surface area (Å²) in [6, 6.07) is 10.4. The Morgan fingerprint density at radius 2 is 1.42 bits per heavy atom. The van der Waals surface area contributed by atoms with E-state index in [1.165, 1.54) is 16.5 Å². The van der Waals surface area contributed by atoms with Gasteiger partial charge in [-0.15, -0.1) is 144 Å². The highest BCUT2D eigenvalue weighted by molar-refractivity contribution is 14.0. The first kappa shape index (κ1) is 33.4. The highest BCUT2D eigenvalue weighted by Crippen LogP contribution is 2.15. The summed E-state index contributed by atoms with van der Waals surface area (Å²) in [5.74, 6) is 0. The van der Waals surface area contributed by atoms with Gasteiger partial charge in [0.15, 0.2) is 6.20 Å². The molecule has 0 radical (unpaired) electrons. The van der Waals surface area contributed by atoms with Gasteiger partial charge in [0.1, 0.15) is 7.05 Å². The van der Waals surface area contributed by atoms with Gasteiger partial charge in [0.25, 0.3) is 0 Å². The number of hydrogen-bond donors (Lipinski definition) is 0. The summed E-state index contributed by atoms with van der Waals surface area (Å²) in [4.78, 5) is 0. The van der Waals surface area contributed by atoms with E-state index in [9.17, 15) is 0 Å². The summed E-state index contributed by atoms with van der Waals surface area (Å²) < 4.78 is 2.11. The van der Waals surface area contributed by atoms with Crippen LogP contribution in [0.15, 0.2) is 43.1 Å². The van der Waals surface area contributed by atoms with E-state index in [-0.39, 0.29) is 144 Å². The number of fused-ring (bicyclic) bond motifs is 1. The van der Waals surface area contributed by atoms with Crippen LogP contribution in [0.1, 0.15) is 5.56 Å². The molecule has 2 rings (SSSR count). The van der Waals surface area contributed by atoms with Crippen molar-refractivity contribution in [3.63, 3.8) is 0 Å². The molecule has 1 nitrogen and oxygen atoms in total. The third kappa shape index (κ3) is 8.83. The van der Waals surface area contributed by atoms with Gasteiger partial charge in [-0.25, -0.2) is 4.57 Å². The number of benzene rings is 1. The van der Waals surface area contributed by atoms with Crippen molar-refractivity contribution < 1.29 is 4.57 Å². The van der Waals surface area contributed by atoms with Crippen LogP contribution in [0.5, 0.6) is 0 Å². The molecule has 0 aliphatic rings. The Balaban J connectivity index is -0.000000109. The molecule has 0 atom stereocenters. The van der Waals surface area contributed by atoms with E-state index in [1.807, 2.05) is 6.08 Å². The van der Waals surface area contributed by atoms with E-state index in [0.717, 1.165) is 0 Å². The van der Waals surface area contributed by atoms with Gasteiger partial charge < -0.3 is 0 Å². The first-order chi connectivity index (χ1) is 6.33. The second-order valence-corrected chi connectivity index (χ2v) is 3.10. The Morgan fingerprint density at radius 1 is 0.895 bits per heavy atom. The topological polar surface area (TPSA) is 3.88 Å². The fourth-order valence-electron chi connectivity index (χ4n) is 1.57. The fourth-order valence-corrected chi connectivity index (χ4v) is 1.57. The number of hydrogen-bond acceptors (Lipinski definition) is 0. The van der Waals surface area contributed by atoms with Crippen molar-refractivity contribution in [3.05, 3.63) is 48.7 Å². The molecule has 1 aromatic heterocycles. The Bertz CT molecular complexity index is 475. The quantitative estimate of drug-likeness (QED) is 0.244. The zero-order valence-corrected chi connectivity index (χ0v) is 24.1. The van der Waals surface area contributed by atoms with Crippen LogP contribution >= 0.6 is 144 Å². The molecule has 0 saturated carbocycles. The number of halogens is 6. The monoisotopic (exact) mass is 938 g/mol. The molecule has 0 fully saturated rings. The minimum atomic E-state index is 0. The lowest BCUT2D eigenvalue weighted by atomic mass is 10.1. The summed E-state index contributed by atoms with van der Waals surface area (Å²) in [5, 5.41) is 1.25. The molecular formula is C12H18I6N+. The van der Waals surface area contributed by atoms with E-state index in [2.05, 4.69) is 54.7 Å². The minimum Gasteiger partial charge on any atom is -0.201 e. The molecule has 0 aliphatic heterocycles. The number of rotatable bonds is 1. The second kappa shape index (κ2) is 17.1. The van der Waals surface area contributed by atoms with Gasteiger partial charge in [-0.1, -0.05) is 24.8 Å². The molecule has 0 aliphatic carbocycles. The summed E-state index contributed by atoms with van der Waals surface area (Å²) in [5.41, 5.74) is 2.42. The average molecular weight is 938 g/mol. The van der Waals surface area contributed by atoms with Gasteiger partial charge in [0.2, 0.25) is 5.52 Å². The van der Waals surface area contributed by atoms with Crippen molar-refractivity contribution >= 4 is 161 Å². The zero-order chi connectivity index (χ0) is 9.26. The van der Waals surface area contributed by atoms with Gasteiger partial charge in [0.05, 0.1) is 5.39 Å². The van der Waals surface area contributed by atoms with Gasteiger partial charge in [-0.3, -0.25) is 0 Å². The fraction of sp³-hybridized carbons (Fsp3) is 0.0833. The van der Waals surface area contributed by atoms with Crippen molar-refractivity contribution in [1.82, 2.24) is 0 Å². The lowest BCUT2D eigenvalue weighted by molar-refractivity contribution is -0.644. The summed E-state index contributed by atoms with van der Waals surface area (Å²) >= 11 is 0. The van der Waals surface area contributed by atoms with Crippen molar-refractivity contribution in [2.75, 3.05) is 0 Å². The average Bonchev–Trinajstić information content (AvgIpc) is 2.19. The number of para-hydroxylation sites is 1. The standard InChI is InChI=1S/C12H12N.6HI/c1-3-10-8-9-13(2)12-7-5-4-6-11(10)12;;;;;;/h3-9H,1H2,2H3;6*1H/q+1;;;;;;. The Hall–Kier alpha value is 2.75. The van der Waals surface area contributed by atoms with Crippen LogP contribution in [0.4, 0.5) is 0 Å². The summed E-state index contributed by atoms with van der Waals surface area (Å²) in [6.45, 7) is 3.80. The predicted molar refractivity (Wildman–Crippen MR) is 148 cm³/mol. The molecule has 7 heteroatoms. The van der Waals surface area contributed by atoms with E-state index >= 15 is 0 Å². The molecule has 0 spiro atoms. The largest absolute Gasteiger partial charge is 0.212 e. The van der Waals surface area contributed by atoms with Crippen LogP contribution in [-0.4, -0.2) is 0 Å². The zero-order valence-electron chi connectivity index (χ0n) is 10.1. The van der Waals surface area contributed by atoms with Gasteiger partial charge in [-0.05, 0) is 11.6 Å². The second-order valence-electron chi connectivity index (χ2n) is 3.10. The van der Waals surface area contributed by atoms with Crippen LogP contribution in [0.3, 0.4) is 0 Å². The maximum Gasteiger partial charge on any atom is 0.212 e. The van der Waals surface area contributed by atoms with Crippen molar-refractivity contribution in [2.24, 2.45) is 7.05 Å². The summed E-state index contributed by atoms with van der Waals surface area (Å²) in [7, 11) is 2.05. The molecule has 112 valence electrons. The van der Waals surface area contributed by atoms with Gasteiger partial charge in [0, 0.05) is 12.1 Å². The molecule has 0 saturated heterocycles. The number of aromatic nitrogens is 1. The van der Waals surface area contributed by atoms with Gasteiger partial charge in [-0.2, -0.15) is 0 Å². The molecule has 0 N–H and O–H groups in total. The molecule has 19 heavy (non-hydrogen) atoms. The van der Waals surface area contributed by atoms with E-state index in [1.54, 1.807) is 0 Å². The molecule has 2 aromatic rings. The molecule has 1 heterocycles. The van der Waals surface area contributed by atoms with Crippen LogP contribution in [0.25, 0.3) is 17.0 Å². The van der Waals surface area contributed by atoms with Crippen molar-refractivity contribution in [2.45, 2.75) is 0 Å². The maximum absolute atomic E-state index is 3.80. The third-order valence-electron chi connectivity index (χ3n) is 2.29.